The zero-order chi connectivity index (χ0) is 8.97. The zero-order valence-corrected chi connectivity index (χ0v) is 7.11. The molecule has 3 nitrogen and oxygen atoms in total. The van der Waals surface area contributed by atoms with E-state index in [-0.39, 0.29) is 0 Å². The van der Waals surface area contributed by atoms with Crippen LogP contribution in [0.3, 0.4) is 0 Å². The number of nitrogens with zero attached hydrogens (tertiary/aromatic N) is 1. The third kappa shape index (κ3) is 1.75. The molecule has 0 saturated carbocycles. The Hall–Kier alpha value is -1.51. The second-order valence-electron chi connectivity index (χ2n) is 2.47. The molecular weight excluding hydrogens is 154 g/mol. The molecule has 0 fully saturated rings. The van der Waals surface area contributed by atoms with E-state index in [9.17, 15) is 0 Å². The lowest BCUT2D eigenvalue weighted by Crippen LogP contribution is -1.89. The molecule has 0 spiro atoms. The molecule has 64 valence electrons. The summed E-state index contributed by atoms with van der Waals surface area (Å²) in [6, 6.07) is 5.55. The predicted molar refractivity (Wildman–Crippen MR) is 47.1 cm³/mol. The fourth-order valence-corrected chi connectivity index (χ4v) is 0.982. The van der Waals surface area contributed by atoms with Gasteiger partial charge in [-0.3, -0.25) is 0 Å². The minimum atomic E-state index is 0.808. The molecule has 12 heavy (non-hydrogen) atoms. The Labute approximate surface area is 71.3 Å². The summed E-state index contributed by atoms with van der Waals surface area (Å²) in [6.45, 7) is 1.93. The van der Waals surface area contributed by atoms with Crippen molar-refractivity contribution in [1.82, 2.24) is 0 Å². The van der Waals surface area contributed by atoms with Crippen LogP contribution in [0.5, 0.6) is 5.75 Å². The number of ether oxygens (including phenoxy) is 1. The van der Waals surface area contributed by atoms with Gasteiger partial charge in [-0.1, -0.05) is 5.16 Å². The summed E-state index contributed by atoms with van der Waals surface area (Å²) >= 11 is 0. The molecule has 0 heterocycles. The van der Waals surface area contributed by atoms with Gasteiger partial charge < -0.3 is 9.94 Å². The first-order chi connectivity index (χ1) is 5.77. The molecule has 0 atom stereocenters. The summed E-state index contributed by atoms with van der Waals surface area (Å²) in [7, 11) is 1.62. The van der Waals surface area contributed by atoms with E-state index in [1.807, 2.05) is 25.1 Å². The van der Waals surface area contributed by atoms with Gasteiger partial charge in [0.05, 0.1) is 13.3 Å². The molecule has 1 aromatic rings. The Balaban J connectivity index is 3.03. The molecule has 0 unspecified atom stereocenters. The standard InChI is InChI=1S/C9H11NO2/c1-7-5-9(12-2)4-3-8(7)6-10-11/h3-6,11H,1-2H3. The van der Waals surface area contributed by atoms with Gasteiger partial charge in [0.25, 0.3) is 0 Å². The number of oxime groups is 1. The van der Waals surface area contributed by atoms with Crippen LogP contribution in [0.1, 0.15) is 11.1 Å². The highest BCUT2D eigenvalue weighted by Gasteiger charge is 1.96. The van der Waals surface area contributed by atoms with Crippen molar-refractivity contribution in [3.8, 4) is 5.75 Å². The van der Waals surface area contributed by atoms with Crippen LogP contribution in [0.4, 0.5) is 0 Å². The van der Waals surface area contributed by atoms with Crippen LogP contribution >= 0.6 is 0 Å². The number of benzene rings is 1. The monoisotopic (exact) mass is 165 g/mol. The minimum absolute atomic E-state index is 0.808. The molecule has 1 N–H and O–H groups in total. The van der Waals surface area contributed by atoms with Gasteiger partial charge in [0, 0.05) is 0 Å². The van der Waals surface area contributed by atoms with Gasteiger partial charge in [-0.2, -0.15) is 0 Å². The van der Waals surface area contributed by atoms with E-state index >= 15 is 0 Å². The quantitative estimate of drug-likeness (QED) is 0.412. The maximum Gasteiger partial charge on any atom is 0.119 e. The van der Waals surface area contributed by atoms with Gasteiger partial charge in [0.15, 0.2) is 0 Å². The summed E-state index contributed by atoms with van der Waals surface area (Å²) in [6.07, 6.45) is 1.40. The molecule has 0 saturated heterocycles. The summed E-state index contributed by atoms with van der Waals surface area (Å²) in [5.74, 6) is 0.808. The van der Waals surface area contributed by atoms with Gasteiger partial charge in [0.1, 0.15) is 5.75 Å². The molecule has 3 heteroatoms. The summed E-state index contributed by atoms with van der Waals surface area (Å²) in [5.41, 5.74) is 1.91. The highest BCUT2D eigenvalue weighted by atomic mass is 16.5. The number of hydrogen-bond acceptors (Lipinski definition) is 3. The van der Waals surface area contributed by atoms with Crippen molar-refractivity contribution >= 4 is 6.21 Å². The van der Waals surface area contributed by atoms with E-state index in [0.717, 1.165) is 16.9 Å². The van der Waals surface area contributed by atoms with E-state index < -0.39 is 0 Å². The Bertz CT molecular complexity index is 295. The lowest BCUT2D eigenvalue weighted by Gasteiger charge is -2.02. The van der Waals surface area contributed by atoms with E-state index in [1.165, 1.54) is 6.21 Å². The lowest BCUT2D eigenvalue weighted by molar-refractivity contribution is 0.322. The van der Waals surface area contributed by atoms with Crippen LogP contribution in [0.15, 0.2) is 23.4 Å². The molecule has 0 amide bonds. The van der Waals surface area contributed by atoms with Crippen LogP contribution in [-0.2, 0) is 0 Å². The van der Waals surface area contributed by atoms with Crippen molar-refractivity contribution in [3.63, 3.8) is 0 Å². The highest BCUT2D eigenvalue weighted by molar-refractivity contribution is 5.81. The van der Waals surface area contributed by atoms with Gasteiger partial charge in [-0.15, -0.1) is 0 Å². The first-order valence-corrected chi connectivity index (χ1v) is 3.60. The molecule has 1 rings (SSSR count). The van der Waals surface area contributed by atoms with Crippen LogP contribution in [0, 0.1) is 6.92 Å². The van der Waals surface area contributed by atoms with E-state index in [0.29, 0.717) is 0 Å². The van der Waals surface area contributed by atoms with Crippen LogP contribution < -0.4 is 4.74 Å². The van der Waals surface area contributed by atoms with Crippen molar-refractivity contribution in [2.75, 3.05) is 7.11 Å². The number of rotatable bonds is 2. The Morgan fingerprint density at radius 3 is 2.75 bits per heavy atom. The molecule has 0 radical (unpaired) electrons. The Kier molecular flexibility index (Phi) is 2.69. The Morgan fingerprint density at radius 2 is 2.25 bits per heavy atom. The van der Waals surface area contributed by atoms with E-state index in [4.69, 9.17) is 9.94 Å². The normalized spacial score (nSPS) is 10.5. The first kappa shape index (κ1) is 8.59. The second kappa shape index (κ2) is 3.76. The minimum Gasteiger partial charge on any atom is -0.497 e. The van der Waals surface area contributed by atoms with Crippen LogP contribution in [0.25, 0.3) is 0 Å². The van der Waals surface area contributed by atoms with Crippen LogP contribution in [0.2, 0.25) is 0 Å². The van der Waals surface area contributed by atoms with Crippen molar-refractivity contribution in [2.24, 2.45) is 5.16 Å². The zero-order valence-electron chi connectivity index (χ0n) is 7.11. The molecule has 0 aliphatic carbocycles. The third-order valence-corrected chi connectivity index (χ3v) is 1.67. The van der Waals surface area contributed by atoms with Crippen molar-refractivity contribution in [3.05, 3.63) is 29.3 Å². The highest BCUT2D eigenvalue weighted by Crippen LogP contribution is 2.15. The fourth-order valence-electron chi connectivity index (χ4n) is 0.982. The SMILES string of the molecule is COc1ccc(C=NO)c(C)c1. The fraction of sp³-hybridized carbons (Fsp3) is 0.222. The maximum absolute atomic E-state index is 8.31. The molecule has 0 aliphatic heterocycles. The number of methoxy groups -OCH3 is 1. The average Bonchev–Trinajstić information content (AvgIpc) is 2.09. The van der Waals surface area contributed by atoms with Gasteiger partial charge in [0.2, 0.25) is 0 Å². The summed E-state index contributed by atoms with van der Waals surface area (Å²) in [4.78, 5) is 0. The van der Waals surface area contributed by atoms with Crippen molar-refractivity contribution in [1.29, 1.82) is 0 Å². The van der Waals surface area contributed by atoms with Crippen molar-refractivity contribution in [2.45, 2.75) is 6.92 Å². The summed E-state index contributed by atoms with van der Waals surface area (Å²) in [5, 5.41) is 11.3. The van der Waals surface area contributed by atoms with E-state index in [2.05, 4.69) is 5.16 Å². The van der Waals surface area contributed by atoms with Crippen molar-refractivity contribution < 1.29 is 9.94 Å². The molecular formula is C9H11NO2. The molecule has 0 bridgehead atoms. The molecule has 0 aliphatic rings. The smallest absolute Gasteiger partial charge is 0.119 e. The molecule has 0 aromatic heterocycles. The molecule has 1 aromatic carbocycles. The largest absolute Gasteiger partial charge is 0.497 e. The lowest BCUT2D eigenvalue weighted by atomic mass is 10.1. The van der Waals surface area contributed by atoms with Gasteiger partial charge in [-0.05, 0) is 36.2 Å². The summed E-state index contributed by atoms with van der Waals surface area (Å²) < 4.78 is 5.02. The maximum atomic E-state index is 8.31. The number of hydrogen-bond donors (Lipinski definition) is 1. The predicted octanol–water partition coefficient (Wildman–Crippen LogP) is 1.81. The first-order valence-electron chi connectivity index (χ1n) is 3.60. The topological polar surface area (TPSA) is 41.8 Å². The van der Waals surface area contributed by atoms with Gasteiger partial charge in [-0.25, -0.2) is 0 Å². The average molecular weight is 165 g/mol. The number of aryl methyl sites for hydroxylation is 1. The van der Waals surface area contributed by atoms with Gasteiger partial charge >= 0.3 is 0 Å². The van der Waals surface area contributed by atoms with Crippen LogP contribution in [-0.4, -0.2) is 18.5 Å². The second-order valence-corrected chi connectivity index (χ2v) is 2.47. The Morgan fingerprint density at radius 1 is 1.50 bits per heavy atom. The van der Waals surface area contributed by atoms with E-state index in [1.54, 1.807) is 7.11 Å². The third-order valence-electron chi connectivity index (χ3n) is 1.67.